The highest BCUT2D eigenvalue weighted by Gasteiger charge is 2.12. The Labute approximate surface area is 63.6 Å². The number of nitrogens with two attached hydrogens (primary N) is 1. The van der Waals surface area contributed by atoms with E-state index < -0.39 is 5.91 Å². The lowest BCUT2D eigenvalue weighted by atomic mass is 10.2. The van der Waals surface area contributed by atoms with Gasteiger partial charge in [-0.2, -0.15) is 4.98 Å². The zero-order chi connectivity index (χ0) is 8.43. The van der Waals surface area contributed by atoms with Crippen LogP contribution in [0.5, 0.6) is 0 Å². The maximum atomic E-state index is 10.5. The summed E-state index contributed by atoms with van der Waals surface area (Å²) in [7, 11) is 0. The van der Waals surface area contributed by atoms with E-state index >= 15 is 0 Å². The van der Waals surface area contributed by atoms with Gasteiger partial charge >= 0.3 is 11.8 Å². The van der Waals surface area contributed by atoms with E-state index in [9.17, 15) is 4.79 Å². The first-order valence-electron chi connectivity index (χ1n) is 3.24. The van der Waals surface area contributed by atoms with E-state index in [2.05, 4.69) is 14.7 Å². The lowest BCUT2D eigenvalue weighted by molar-refractivity contribution is 0.0958. The topological polar surface area (TPSA) is 82.0 Å². The SMILES string of the molecule is CC(C)c1noc(C(N)=O)n1. The Morgan fingerprint density at radius 1 is 1.64 bits per heavy atom. The van der Waals surface area contributed by atoms with Crippen molar-refractivity contribution in [2.75, 3.05) is 0 Å². The number of nitrogens with zero attached hydrogens (tertiary/aromatic N) is 2. The Kier molecular flexibility index (Phi) is 1.89. The Morgan fingerprint density at radius 3 is 2.55 bits per heavy atom. The van der Waals surface area contributed by atoms with Gasteiger partial charge in [0.1, 0.15) is 0 Å². The largest absolute Gasteiger partial charge is 0.361 e. The number of aromatic nitrogens is 2. The van der Waals surface area contributed by atoms with Crippen molar-refractivity contribution in [2.24, 2.45) is 5.73 Å². The standard InChI is InChI=1S/C6H9N3O2/c1-3(2)5-8-6(4(7)10)11-9-5/h3H,1-2H3,(H2,7,10). The summed E-state index contributed by atoms with van der Waals surface area (Å²) in [6, 6.07) is 0. The molecule has 1 heterocycles. The minimum absolute atomic E-state index is 0.131. The molecule has 0 aliphatic rings. The third-order valence-corrected chi connectivity index (χ3v) is 1.17. The summed E-state index contributed by atoms with van der Waals surface area (Å²) < 4.78 is 4.55. The van der Waals surface area contributed by atoms with Crippen molar-refractivity contribution in [3.63, 3.8) is 0 Å². The lowest BCUT2D eigenvalue weighted by Gasteiger charge is -1.91. The van der Waals surface area contributed by atoms with E-state index in [4.69, 9.17) is 5.73 Å². The van der Waals surface area contributed by atoms with Gasteiger partial charge < -0.3 is 10.3 Å². The van der Waals surface area contributed by atoms with E-state index in [-0.39, 0.29) is 11.8 Å². The van der Waals surface area contributed by atoms with Crippen molar-refractivity contribution in [3.05, 3.63) is 11.7 Å². The molecule has 60 valence electrons. The number of rotatable bonds is 2. The van der Waals surface area contributed by atoms with Gasteiger partial charge in [-0.05, 0) is 0 Å². The van der Waals surface area contributed by atoms with Crippen LogP contribution >= 0.6 is 0 Å². The minimum atomic E-state index is -0.690. The molecule has 1 rings (SSSR count). The number of amides is 1. The maximum absolute atomic E-state index is 10.5. The summed E-state index contributed by atoms with van der Waals surface area (Å²) in [4.78, 5) is 14.2. The van der Waals surface area contributed by atoms with E-state index in [0.29, 0.717) is 5.82 Å². The van der Waals surface area contributed by atoms with Gasteiger partial charge in [-0.15, -0.1) is 0 Å². The molecule has 0 aliphatic carbocycles. The predicted octanol–water partition coefficient (Wildman–Crippen LogP) is 0.292. The first kappa shape index (κ1) is 7.71. The van der Waals surface area contributed by atoms with Gasteiger partial charge in [0.15, 0.2) is 5.82 Å². The van der Waals surface area contributed by atoms with Crippen LogP contribution in [0.4, 0.5) is 0 Å². The number of hydrogen-bond acceptors (Lipinski definition) is 4. The number of carbonyl (C=O) groups excluding carboxylic acids is 1. The van der Waals surface area contributed by atoms with E-state index in [0.717, 1.165) is 0 Å². The smallest absolute Gasteiger partial charge is 0.315 e. The molecule has 0 fully saturated rings. The second kappa shape index (κ2) is 2.69. The third-order valence-electron chi connectivity index (χ3n) is 1.17. The summed E-state index contributed by atoms with van der Waals surface area (Å²) in [5, 5.41) is 3.55. The van der Waals surface area contributed by atoms with Crippen molar-refractivity contribution < 1.29 is 9.32 Å². The second-order valence-corrected chi connectivity index (χ2v) is 2.48. The zero-order valence-electron chi connectivity index (χ0n) is 6.37. The van der Waals surface area contributed by atoms with Crippen LogP contribution < -0.4 is 5.73 Å². The molecule has 0 atom stereocenters. The first-order valence-corrected chi connectivity index (χ1v) is 3.24. The highest BCUT2D eigenvalue weighted by molar-refractivity contribution is 5.87. The van der Waals surface area contributed by atoms with Crippen molar-refractivity contribution in [1.82, 2.24) is 10.1 Å². The Hall–Kier alpha value is -1.39. The monoisotopic (exact) mass is 155 g/mol. The molecule has 0 aromatic carbocycles. The van der Waals surface area contributed by atoms with Crippen LogP contribution in [0.2, 0.25) is 0 Å². The third kappa shape index (κ3) is 1.54. The van der Waals surface area contributed by atoms with Gasteiger partial charge in [-0.1, -0.05) is 19.0 Å². The normalized spacial score (nSPS) is 10.5. The van der Waals surface area contributed by atoms with Crippen LogP contribution in [0.25, 0.3) is 0 Å². The molecule has 0 saturated carbocycles. The van der Waals surface area contributed by atoms with Crippen LogP contribution in [0, 0.1) is 0 Å². The van der Waals surface area contributed by atoms with Gasteiger partial charge in [-0.25, -0.2) is 0 Å². The molecule has 11 heavy (non-hydrogen) atoms. The fourth-order valence-electron chi connectivity index (χ4n) is 0.569. The Bertz CT molecular complexity index is 267. The number of carbonyl (C=O) groups is 1. The summed E-state index contributed by atoms with van der Waals surface area (Å²) in [5.74, 6) is -0.177. The van der Waals surface area contributed by atoms with Gasteiger partial charge in [-0.3, -0.25) is 4.79 Å². The first-order chi connectivity index (χ1) is 5.11. The zero-order valence-corrected chi connectivity index (χ0v) is 6.37. The van der Waals surface area contributed by atoms with E-state index in [1.165, 1.54) is 0 Å². The second-order valence-electron chi connectivity index (χ2n) is 2.48. The molecule has 0 radical (unpaired) electrons. The Morgan fingerprint density at radius 2 is 2.27 bits per heavy atom. The summed E-state index contributed by atoms with van der Waals surface area (Å²) in [5.41, 5.74) is 4.89. The molecular formula is C6H9N3O2. The average Bonchev–Trinajstić information content (AvgIpc) is 2.33. The molecule has 0 bridgehead atoms. The van der Waals surface area contributed by atoms with Crippen molar-refractivity contribution in [3.8, 4) is 0 Å². The summed E-state index contributed by atoms with van der Waals surface area (Å²) in [6.07, 6.45) is 0. The van der Waals surface area contributed by atoms with E-state index in [1.807, 2.05) is 13.8 Å². The van der Waals surface area contributed by atoms with Gasteiger partial charge in [0.2, 0.25) is 0 Å². The van der Waals surface area contributed by atoms with Crippen molar-refractivity contribution in [1.29, 1.82) is 0 Å². The molecule has 0 aliphatic heterocycles. The van der Waals surface area contributed by atoms with Crippen LogP contribution in [-0.2, 0) is 0 Å². The molecule has 0 spiro atoms. The van der Waals surface area contributed by atoms with Gasteiger partial charge in [0, 0.05) is 5.92 Å². The molecule has 0 unspecified atom stereocenters. The lowest BCUT2D eigenvalue weighted by Crippen LogP contribution is -2.11. The number of primary amides is 1. The summed E-state index contributed by atoms with van der Waals surface area (Å²) >= 11 is 0. The highest BCUT2D eigenvalue weighted by atomic mass is 16.5. The fraction of sp³-hybridized carbons (Fsp3) is 0.500. The van der Waals surface area contributed by atoms with Crippen LogP contribution in [0.15, 0.2) is 4.52 Å². The van der Waals surface area contributed by atoms with Gasteiger partial charge in [0.25, 0.3) is 0 Å². The molecule has 1 aromatic heterocycles. The number of hydrogen-bond donors (Lipinski definition) is 1. The molecule has 1 aromatic rings. The minimum Gasteiger partial charge on any atom is -0.361 e. The molecule has 2 N–H and O–H groups in total. The van der Waals surface area contributed by atoms with Gasteiger partial charge in [0.05, 0.1) is 0 Å². The maximum Gasteiger partial charge on any atom is 0.315 e. The quantitative estimate of drug-likeness (QED) is 0.665. The van der Waals surface area contributed by atoms with Crippen LogP contribution in [-0.4, -0.2) is 16.0 Å². The molecule has 0 saturated heterocycles. The highest BCUT2D eigenvalue weighted by Crippen LogP contribution is 2.08. The average molecular weight is 155 g/mol. The molecule has 5 nitrogen and oxygen atoms in total. The van der Waals surface area contributed by atoms with E-state index in [1.54, 1.807) is 0 Å². The molecular weight excluding hydrogens is 146 g/mol. The van der Waals surface area contributed by atoms with Crippen LogP contribution in [0.3, 0.4) is 0 Å². The van der Waals surface area contributed by atoms with Crippen LogP contribution in [0.1, 0.15) is 36.3 Å². The molecule has 5 heteroatoms. The fourth-order valence-corrected chi connectivity index (χ4v) is 0.569. The summed E-state index contributed by atoms with van der Waals surface area (Å²) in [6.45, 7) is 3.80. The molecule has 1 amide bonds. The Balaban J connectivity index is 2.90. The van der Waals surface area contributed by atoms with Crippen molar-refractivity contribution in [2.45, 2.75) is 19.8 Å². The predicted molar refractivity (Wildman–Crippen MR) is 36.9 cm³/mol. The van der Waals surface area contributed by atoms with Crippen molar-refractivity contribution >= 4 is 5.91 Å².